The van der Waals surface area contributed by atoms with Gasteiger partial charge >= 0.3 is 12.1 Å². The molecule has 1 aliphatic rings. The number of ether oxygens (including phenoxy) is 3. The molecular formula is C23H25ClF3NO5. The van der Waals surface area contributed by atoms with Crippen molar-refractivity contribution in [3.8, 4) is 17.2 Å². The Bertz CT molecular complexity index is 1010. The predicted octanol–water partition coefficient (Wildman–Crippen LogP) is 5.41. The zero-order chi connectivity index (χ0) is 24.3. The van der Waals surface area contributed by atoms with Gasteiger partial charge in [0.2, 0.25) is 0 Å². The number of benzene rings is 2. The molecule has 10 heteroatoms. The van der Waals surface area contributed by atoms with Gasteiger partial charge in [0.25, 0.3) is 0 Å². The minimum Gasteiger partial charge on any atom is -0.496 e. The van der Waals surface area contributed by atoms with Crippen LogP contribution in [0.3, 0.4) is 0 Å². The van der Waals surface area contributed by atoms with Crippen LogP contribution in [0.2, 0.25) is 5.02 Å². The van der Waals surface area contributed by atoms with Crippen LogP contribution in [0.15, 0.2) is 30.3 Å². The van der Waals surface area contributed by atoms with Crippen LogP contribution in [0, 0.1) is 0 Å². The normalized spacial score (nSPS) is 18.0. The second kappa shape index (κ2) is 10.1. The van der Waals surface area contributed by atoms with E-state index in [4.69, 9.17) is 25.8 Å². The number of carboxylic acids is 1. The van der Waals surface area contributed by atoms with Gasteiger partial charge in [-0.05, 0) is 43.1 Å². The number of alkyl halides is 3. The Morgan fingerprint density at radius 1 is 1.06 bits per heavy atom. The fourth-order valence-corrected chi connectivity index (χ4v) is 4.50. The van der Waals surface area contributed by atoms with Crippen LogP contribution < -0.4 is 14.2 Å². The standard InChI is InChI=1S/C23H25ClF3NO5/c1-31-18-12-20(33-3)19(32-2)11-14(18)21(28-9-5-4-6-17(28)22(29)30)13-7-8-16(24)15(10-13)23(25,26)27/h7-8,10-12,17,21H,4-6,9H2,1-3H3,(H,29,30). The number of likely N-dealkylation sites (tertiary alicyclic amines) is 1. The average Bonchev–Trinajstić information content (AvgIpc) is 2.79. The monoisotopic (exact) mass is 487 g/mol. The van der Waals surface area contributed by atoms with Crippen LogP contribution in [0.1, 0.15) is 42.0 Å². The zero-order valence-corrected chi connectivity index (χ0v) is 19.2. The average molecular weight is 488 g/mol. The summed E-state index contributed by atoms with van der Waals surface area (Å²) in [6, 6.07) is 5.06. The third kappa shape index (κ3) is 5.14. The molecular weight excluding hydrogens is 463 g/mol. The molecule has 2 aromatic carbocycles. The molecule has 6 nitrogen and oxygen atoms in total. The summed E-state index contributed by atoms with van der Waals surface area (Å²) in [4.78, 5) is 13.8. The lowest BCUT2D eigenvalue weighted by Crippen LogP contribution is -2.47. The van der Waals surface area contributed by atoms with Gasteiger partial charge in [0.15, 0.2) is 11.5 Å². The summed E-state index contributed by atoms with van der Waals surface area (Å²) in [6.45, 7) is 0.378. The Hall–Kier alpha value is -2.65. The molecule has 33 heavy (non-hydrogen) atoms. The van der Waals surface area contributed by atoms with E-state index in [1.165, 1.54) is 33.5 Å². The van der Waals surface area contributed by atoms with Crippen molar-refractivity contribution in [1.82, 2.24) is 4.90 Å². The second-order valence-electron chi connectivity index (χ2n) is 7.68. The molecule has 0 aliphatic carbocycles. The van der Waals surface area contributed by atoms with Crippen molar-refractivity contribution < 1.29 is 37.3 Å². The van der Waals surface area contributed by atoms with Gasteiger partial charge in [-0.2, -0.15) is 13.2 Å². The Labute approximate surface area is 194 Å². The highest BCUT2D eigenvalue weighted by atomic mass is 35.5. The van der Waals surface area contributed by atoms with E-state index < -0.39 is 34.8 Å². The number of nitrogens with zero attached hydrogens (tertiary/aromatic N) is 1. The minimum absolute atomic E-state index is 0.241. The number of piperidine rings is 1. The van der Waals surface area contributed by atoms with Gasteiger partial charge in [-0.3, -0.25) is 9.69 Å². The lowest BCUT2D eigenvalue weighted by atomic mass is 9.90. The highest BCUT2D eigenvalue weighted by Crippen LogP contribution is 2.45. The molecule has 0 spiro atoms. The van der Waals surface area contributed by atoms with E-state index in [0.29, 0.717) is 48.6 Å². The van der Waals surface area contributed by atoms with E-state index in [1.807, 2.05) is 0 Å². The maximum Gasteiger partial charge on any atom is 0.417 e. The summed E-state index contributed by atoms with van der Waals surface area (Å²) in [5, 5.41) is 9.44. The van der Waals surface area contributed by atoms with Crippen molar-refractivity contribution in [2.24, 2.45) is 0 Å². The van der Waals surface area contributed by atoms with Crippen LogP contribution in [0.25, 0.3) is 0 Å². The maximum absolute atomic E-state index is 13.7. The first-order chi connectivity index (χ1) is 15.6. The molecule has 1 heterocycles. The van der Waals surface area contributed by atoms with Gasteiger partial charge in [0, 0.05) is 11.6 Å². The molecule has 180 valence electrons. The smallest absolute Gasteiger partial charge is 0.417 e. The Morgan fingerprint density at radius 3 is 2.27 bits per heavy atom. The minimum atomic E-state index is -4.67. The van der Waals surface area contributed by atoms with Crippen molar-refractivity contribution in [2.75, 3.05) is 27.9 Å². The summed E-state index contributed by atoms with van der Waals surface area (Å²) in [5.74, 6) is 0.00424. The highest BCUT2D eigenvalue weighted by molar-refractivity contribution is 6.31. The maximum atomic E-state index is 13.7. The number of hydrogen-bond donors (Lipinski definition) is 1. The van der Waals surface area contributed by atoms with Crippen LogP contribution >= 0.6 is 11.6 Å². The summed E-state index contributed by atoms with van der Waals surface area (Å²) in [7, 11) is 4.32. The lowest BCUT2D eigenvalue weighted by molar-refractivity contribution is -0.145. The van der Waals surface area contributed by atoms with Gasteiger partial charge in [0.05, 0.1) is 38.0 Å². The van der Waals surface area contributed by atoms with Crippen molar-refractivity contribution >= 4 is 17.6 Å². The van der Waals surface area contributed by atoms with Gasteiger partial charge in [0.1, 0.15) is 11.8 Å². The molecule has 1 aliphatic heterocycles. The van der Waals surface area contributed by atoms with Crippen LogP contribution in [0.5, 0.6) is 17.2 Å². The Balaban J connectivity index is 2.29. The quantitative estimate of drug-likeness (QED) is 0.563. The number of carbonyl (C=O) groups is 1. The number of methoxy groups -OCH3 is 3. The Morgan fingerprint density at radius 2 is 1.70 bits per heavy atom. The van der Waals surface area contributed by atoms with Gasteiger partial charge in [-0.15, -0.1) is 0 Å². The van der Waals surface area contributed by atoms with Gasteiger partial charge in [-0.1, -0.05) is 24.1 Å². The number of rotatable bonds is 7. The molecule has 1 N–H and O–H groups in total. The van der Waals surface area contributed by atoms with E-state index in [2.05, 4.69) is 0 Å². The summed E-state index contributed by atoms with van der Waals surface area (Å²) in [5.41, 5.74) is -0.292. The number of hydrogen-bond acceptors (Lipinski definition) is 5. The topological polar surface area (TPSA) is 68.2 Å². The number of aliphatic carboxylic acids is 1. The van der Waals surface area contributed by atoms with Crippen molar-refractivity contribution in [3.05, 3.63) is 52.0 Å². The molecule has 0 radical (unpaired) electrons. The van der Waals surface area contributed by atoms with Crippen LogP contribution in [0.4, 0.5) is 13.2 Å². The van der Waals surface area contributed by atoms with E-state index in [-0.39, 0.29) is 5.56 Å². The Kier molecular flexibility index (Phi) is 7.64. The van der Waals surface area contributed by atoms with E-state index in [1.54, 1.807) is 17.0 Å². The predicted molar refractivity (Wildman–Crippen MR) is 116 cm³/mol. The van der Waals surface area contributed by atoms with E-state index in [0.717, 1.165) is 6.07 Å². The van der Waals surface area contributed by atoms with Crippen LogP contribution in [-0.2, 0) is 11.0 Å². The second-order valence-corrected chi connectivity index (χ2v) is 8.08. The first-order valence-electron chi connectivity index (χ1n) is 10.3. The van der Waals surface area contributed by atoms with E-state index in [9.17, 15) is 23.1 Å². The molecule has 0 aromatic heterocycles. The fourth-order valence-electron chi connectivity index (χ4n) is 4.27. The molecule has 0 amide bonds. The first kappa shape index (κ1) is 25.0. The first-order valence-corrected chi connectivity index (χ1v) is 10.6. The lowest BCUT2D eigenvalue weighted by Gasteiger charge is -2.40. The van der Waals surface area contributed by atoms with Gasteiger partial charge in [-0.25, -0.2) is 0 Å². The van der Waals surface area contributed by atoms with Crippen molar-refractivity contribution in [3.63, 3.8) is 0 Å². The molecule has 0 saturated carbocycles. The highest BCUT2D eigenvalue weighted by Gasteiger charge is 2.39. The fraction of sp³-hybridized carbons (Fsp3) is 0.435. The molecule has 1 saturated heterocycles. The van der Waals surface area contributed by atoms with Crippen molar-refractivity contribution in [2.45, 2.75) is 37.5 Å². The molecule has 2 atom stereocenters. The molecule has 3 rings (SSSR count). The molecule has 2 unspecified atom stereocenters. The third-order valence-electron chi connectivity index (χ3n) is 5.80. The summed E-state index contributed by atoms with van der Waals surface area (Å²) >= 11 is 5.85. The molecule has 0 bridgehead atoms. The zero-order valence-electron chi connectivity index (χ0n) is 18.4. The van der Waals surface area contributed by atoms with Gasteiger partial charge < -0.3 is 19.3 Å². The van der Waals surface area contributed by atoms with E-state index >= 15 is 0 Å². The van der Waals surface area contributed by atoms with Crippen molar-refractivity contribution in [1.29, 1.82) is 0 Å². The largest absolute Gasteiger partial charge is 0.496 e. The summed E-state index contributed by atoms with van der Waals surface area (Å²) in [6.07, 6.45) is -2.89. The molecule has 2 aromatic rings. The number of carboxylic acid groups (broad SMARTS) is 1. The molecule has 1 fully saturated rings. The summed E-state index contributed by atoms with van der Waals surface area (Å²) < 4.78 is 57.2. The van der Waals surface area contributed by atoms with Crippen LogP contribution in [-0.4, -0.2) is 49.9 Å². The SMILES string of the molecule is COc1cc(OC)c(C(c2ccc(Cl)c(C(F)(F)F)c2)N2CCCCC2C(=O)O)cc1OC. The third-order valence-corrected chi connectivity index (χ3v) is 6.13. The number of halogens is 4.